The Morgan fingerprint density at radius 2 is 2.21 bits per heavy atom. The molecule has 0 amide bonds. The summed E-state index contributed by atoms with van der Waals surface area (Å²) in [6, 6.07) is 5.53. The van der Waals surface area contributed by atoms with Crippen molar-refractivity contribution >= 4 is 11.6 Å². The Morgan fingerprint density at radius 3 is 3.00 bits per heavy atom. The first-order valence-corrected chi connectivity index (χ1v) is 6.09. The van der Waals surface area contributed by atoms with Crippen LogP contribution >= 0.6 is 0 Å². The highest BCUT2D eigenvalue weighted by atomic mass is 16.7. The van der Waals surface area contributed by atoms with E-state index in [2.05, 4.69) is 15.6 Å². The summed E-state index contributed by atoms with van der Waals surface area (Å²) < 4.78 is 10.5. The fourth-order valence-electron chi connectivity index (χ4n) is 1.60. The van der Waals surface area contributed by atoms with E-state index in [1.54, 1.807) is 0 Å². The average Bonchev–Trinajstić information content (AvgIpc) is 2.89. The minimum Gasteiger partial charge on any atom is -0.454 e. The molecule has 7 nitrogen and oxygen atoms in total. The van der Waals surface area contributed by atoms with Gasteiger partial charge in [-0.15, -0.1) is 0 Å². The lowest BCUT2D eigenvalue weighted by Gasteiger charge is -2.12. The summed E-state index contributed by atoms with van der Waals surface area (Å²) in [4.78, 5) is 4.25. The maximum absolute atomic E-state index is 8.83. The van der Waals surface area contributed by atoms with Gasteiger partial charge >= 0.3 is 0 Å². The molecular weight excluding hydrogens is 248 g/mol. The van der Waals surface area contributed by atoms with Crippen LogP contribution in [-0.4, -0.2) is 44.1 Å². The molecule has 0 atom stereocenters. The number of nitrogens with two attached hydrogens (primary N) is 1. The number of anilines is 1. The third-order valence-electron chi connectivity index (χ3n) is 2.44. The second-order valence-electron chi connectivity index (χ2n) is 3.86. The van der Waals surface area contributed by atoms with Crippen molar-refractivity contribution < 1.29 is 14.6 Å². The minimum atomic E-state index is 0.0322. The van der Waals surface area contributed by atoms with Crippen LogP contribution < -0.4 is 25.8 Å². The minimum absolute atomic E-state index is 0.0322. The van der Waals surface area contributed by atoms with Gasteiger partial charge in [0.25, 0.3) is 0 Å². The lowest BCUT2D eigenvalue weighted by atomic mass is 10.3. The first kappa shape index (κ1) is 13.4. The van der Waals surface area contributed by atoms with E-state index < -0.39 is 0 Å². The molecule has 1 aliphatic heterocycles. The number of rotatable bonds is 5. The predicted molar refractivity (Wildman–Crippen MR) is 72.6 cm³/mol. The summed E-state index contributed by atoms with van der Waals surface area (Å²) in [7, 11) is 0. The van der Waals surface area contributed by atoms with Gasteiger partial charge in [-0.05, 0) is 12.1 Å². The number of fused-ring (bicyclic) bond motifs is 1. The Kier molecular flexibility index (Phi) is 4.82. The zero-order chi connectivity index (χ0) is 13.5. The molecule has 0 unspecified atom stereocenters. The van der Waals surface area contributed by atoms with E-state index in [1.165, 1.54) is 0 Å². The van der Waals surface area contributed by atoms with Crippen LogP contribution in [0, 0.1) is 0 Å². The van der Waals surface area contributed by atoms with Crippen molar-refractivity contribution in [3.8, 4) is 11.5 Å². The summed E-state index contributed by atoms with van der Waals surface area (Å²) in [5.74, 6) is 2.00. The first-order chi connectivity index (χ1) is 9.33. The lowest BCUT2D eigenvalue weighted by molar-refractivity contribution is 0.174. The normalized spacial score (nSPS) is 13.5. The van der Waals surface area contributed by atoms with E-state index >= 15 is 0 Å². The smallest absolute Gasteiger partial charge is 0.231 e. The molecule has 1 aromatic rings. The van der Waals surface area contributed by atoms with Gasteiger partial charge in [0.15, 0.2) is 17.5 Å². The van der Waals surface area contributed by atoms with E-state index in [1.807, 2.05) is 18.2 Å². The molecule has 0 bridgehead atoms. The van der Waals surface area contributed by atoms with Crippen molar-refractivity contribution in [3.05, 3.63) is 18.2 Å². The number of nitrogens with zero attached hydrogens (tertiary/aromatic N) is 1. The van der Waals surface area contributed by atoms with Crippen molar-refractivity contribution in [1.82, 2.24) is 5.32 Å². The van der Waals surface area contributed by atoms with Crippen LogP contribution in [-0.2, 0) is 0 Å². The third kappa shape index (κ3) is 3.73. The number of hydrogen-bond donors (Lipinski definition) is 4. The van der Waals surface area contributed by atoms with Gasteiger partial charge in [-0.1, -0.05) is 0 Å². The van der Waals surface area contributed by atoms with Crippen molar-refractivity contribution in [2.75, 3.05) is 38.4 Å². The molecule has 5 N–H and O–H groups in total. The highest BCUT2D eigenvalue weighted by Gasteiger charge is 2.13. The van der Waals surface area contributed by atoms with Crippen LogP contribution in [0.4, 0.5) is 5.69 Å². The van der Waals surface area contributed by atoms with E-state index in [4.69, 9.17) is 20.3 Å². The van der Waals surface area contributed by atoms with E-state index in [0.29, 0.717) is 31.3 Å². The van der Waals surface area contributed by atoms with E-state index in [9.17, 15) is 0 Å². The van der Waals surface area contributed by atoms with Crippen molar-refractivity contribution in [2.24, 2.45) is 10.7 Å². The van der Waals surface area contributed by atoms with Gasteiger partial charge in [0.05, 0.1) is 13.2 Å². The molecule has 0 aromatic heterocycles. The van der Waals surface area contributed by atoms with Gasteiger partial charge < -0.3 is 30.9 Å². The fourth-order valence-corrected chi connectivity index (χ4v) is 1.60. The topological polar surface area (TPSA) is 101 Å². The van der Waals surface area contributed by atoms with Crippen LogP contribution in [0.2, 0.25) is 0 Å². The fraction of sp³-hybridized carbons (Fsp3) is 0.417. The van der Waals surface area contributed by atoms with Gasteiger partial charge in [-0.3, -0.25) is 4.99 Å². The molecule has 0 saturated carbocycles. The van der Waals surface area contributed by atoms with Crippen LogP contribution in [0.15, 0.2) is 23.2 Å². The number of aliphatic hydroxyl groups excluding tert-OH is 1. The number of nitrogens with one attached hydrogen (secondary N) is 2. The van der Waals surface area contributed by atoms with Crippen LogP contribution in [0.25, 0.3) is 0 Å². The van der Waals surface area contributed by atoms with E-state index in [-0.39, 0.29) is 13.4 Å². The monoisotopic (exact) mass is 266 g/mol. The summed E-state index contributed by atoms with van der Waals surface area (Å²) in [6.45, 7) is 1.67. The Labute approximate surface area is 111 Å². The predicted octanol–water partition coefficient (Wildman–Crippen LogP) is -0.276. The molecule has 1 aliphatic rings. The number of aliphatic imine (C=N–C) groups is 1. The number of hydrogen-bond acceptors (Lipinski definition) is 5. The molecule has 19 heavy (non-hydrogen) atoms. The van der Waals surface area contributed by atoms with Crippen molar-refractivity contribution in [1.29, 1.82) is 0 Å². The standard InChI is InChI=1S/C12H18N4O3/c13-3-4-14-12(15-5-6-17)16-9-1-2-10-11(7-9)19-8-18-10/h1-2,7,17H,3-6,8,13H2,(H2,14,15,16). The largest absolute Gasteiger partial charge is 0.454 e. The van der Waals surface area contributed by atoms with Crippen LogP contribution in [0.5, 0.6) is 11.5 Å². The SMILES string of the molecule is NCCN=C(NCCO)Nc1ccc2c(c1)OCO2. The van der Waals surface area contributed by atoms with Gasteiger partial charge in [-0.25, -0.2) is 0 Å². The second kappa shape index (κ2) is 6.81. The Morgan fingerprint density at radius 1 is 1.37 bits per heavy atom. The summed E-state index contributed by atoms with van der Waals surface area (Å²) in [5.41, 5.74) is 6.25. The zero-order valence-electron chi connectivity index (χ0n) is 10.6. The zero-order valence-corrected chi connectivity index (χ0v) is 10.6. The molecule has 0 aliphatic carbocycles. The summed E-state index contributed by atoms with van der Waals surface area (Å²) >= 11 is 0. The van der Waals surface area contributed by atoms with Gasteiger partial charge in [0.2, 0.25) is 6.79 Å². The number of benzene rings is 1. The second-order valence-corrected chi connectivity index (χ2v) is 3.86. The summed E-state index contributed by atoms with van der Waals surface area (Å²) in [5, 5.41) is 14.9. The highest BCUT2D eigenvalue weighted by Crippen LogP contribution is 2.34. The van der Waals surface area contributed by atoms with Crippen LogP contribution in [0.1, 0.15) is 0 Å². The number of guanidine groups is 1. The average molecular weight is 266 g/mol. The van der Waals surface area contributed by atoms with Crippen molar-refractivity contribution in [3.63, 3.8) is 0 Å². The number of ether oxygens (including phenoxy) is 2. The first-order valence-electron chi connectivity index (χ1n) is 6.09. The molecule has 104 valence electrons. The van der Waals surface area contributed by atoms with E-state index in [0.717, 1.165) is 11.4 Å². The number of aliphatic hydroxyl groups is 1. The maximum atomic E-state index is 8.83. The molecule has 7 heteroatoms. The Hall–Kier alpha value is -1.99. The maximum Gasteiger partial charge on any atom is 0.231 e. The third-order valence-corrected chi connectivity index (χ3v) is 2.44. The van der Waals surface area contributed by atoms with Crippen LogP contribution in [0.3, 0.4) is 0 Å². The molecule has 0 fully saturated rings. The van der Waals surface area contributed by atoms with Gasteiger partial charge in [0.1, 0.15) is 0 Å². The Balaban J connectivity index is 2.03. The highest BCUT2D eigenvalue weighted by molar-refractivity contribution is 5.94. The van der Waals surface area contributed by atoms with Crippen molar-refractivity contribution in [2.45, 2.75) is 0 Å². The molecule has 0 saturated heterocycles. The molecular formula is C12H18N4O3. The van der Waals surface area contributed by atoms with Gasteiger partial charge in [0, 0.05) is 24.8 Å². The lowest BCUT2D eigenvalue weighted by Crippen LogP contribution is -2.33. The molecule has 0 radical (unpaired) electrons. The summed E-state index contributed by atoms with van der Waals surface area (Å²) in [6.07, 6.45) is 0. The molecule has 2 rings (SSSR count). The molecule has 0 spiro atoms. The molecule has 1 aromatic carbocycles. The Bertz CT molecular complexity index is 451. The van der Waals surface area contributed by atoms with Gasteiger partial charge in [-0.2, -0.15) is 0 Å². The quantitative estimate of drug-likeness (QED) is 0.432. The molecule has 1 heterocycles.